The number of carbonyl (C=O) groups excluding carboxylic acids is 2. The molecular weight excluding hydrogens is 244 g/mol. The molecule has 2 rings (SSSR count). The van der Waals surface area contributed by atoms with Crippen molar-refractivity contribution in [1.82, 2.24) is 14.7 Å². The number of hydrogen-bond donors (Lipinski definition) is 0. The van der Waals surface area contributed by atoms with Crippen LogP contribution in [-0.2, 0) is 9.59 Å². The van der Waals surface area contributed by atoms with E-state index in [0.717, 1.165) is 25.9 Å². The first-order chi connectivity index (χ1) is 9.11. The van der Waals surface area contributed by atoms with E-state index in [1.807, 2.05) is 0 Å². The van der Waals surface area contributed by atoms with Crippen molar-refractivity contribution in [2.45, 2.75) is 25.8 Å². The van der Waals surface area contributed by atoms with Crippen LogP contribution in [0.2, 0.25) is 0 Å². The standard InChI is InChI=1S/C13H20N4O2/c1-11(18)16-7-5-15(6-8-16)10-13(19)17-4-2-3-12(17)9-14/h12H,2-8,10H2,1H3. The maximum absolute atomic E-state index is 12.2. The molecule has 0 aromatic heterocycles. The lowest BCUT2D eigenvalue weighted by Gasteiger charge is -2.34. The van der Waals surface area contributed by atoms with Crippen molar-refractivity contribution in [2.75, 3.05) is 39.3 Å². The Morgan fingerprint density at radius 1 is 1.21 bits per heavy atom. The normalized spacial score (nSPS) is 24.3. The van der Waals surface area contributed by atoms with Gasteiger partial charge in [0, 0.05) is 39.6 Å². The minimum absolute atomic E-state index is 0.0420. The van der Waals surface area contributed by atoms with Gasteiger partial charge in [-0.15, -0.1) is 0 Å². The molecule has 2 amide bonds. The zero-order valence-corrected chi connectivity index (χ0v) is 11.3. The summed E-state index contributed by atoms with van der Waals surface area (Å²) in [5.74, 6) is 0.135. The fourth-order valence-corrected chi connectivity index (χ4v) is 2.70. The first-order valence-electron chi connectivity index (χ1n) is 6.79. The third-order valence-corrected chi connectivity index (χ3v) is 3.90. The number of nitriles is 1. The molecule has 2 saturated heterocycles. The van der Waals surface area contributed by atoms with Gasteiger partial charge in [-0.25, -0.2) is 0 Å². The number of nitrogens with zero attached hydrogens (tertiary/aromatic N) is 4. The van der Waals surface area contributed by atoms with Gasteiger partial charge in [-0.1, -0.05) is 0 Å². The molecule has 0 aromatic rings. The summed E-state index contributed by atoms with van der Waals surface area (Å²) in [5, 5.41) is 8.99. The Kier molecular flexibility index (Phi) is 4.38. The average Bonchev–Trinajstić information content (AvgIpc) is 2.87. The summed E-state index contributed by atoms with van der Waals surface area (Å²) in [6.07, 6.45) is 1.71. The fourth-order valence-electron chi connectivity index (χ4n) is 2.70. The molecule has 2 heterocycles. The van der Waals surface area contributed by atoms with Crippen LogP contribution in [0.5, 0.6) is 0 Å². The Morgan fingerprint density at radius 2 is 1.89 bits per heavy atom. The van der Waals surface area contributed by atoms with Crippen LogP contribution in [0, 0.1) is 11.3 Å². The molecule has 0 spiro atoms. The zero-order valence-electron chi connectivity index (χ0n) is 11.3. The highest BCUT2D eigenvalue weighted by Gasteiger charge is 2.30. The number of rotatable bonds is 2. The predicted molar refractivity (Wildman–Crippen MR) is 69.0 cm³/mol. The number of hydrogen-bond acceptors (Lipinski definition) is 4. The topological polar surface area (TPSA) is 67.7 Å². The van der Waals surface area contributed by atoms with Gasteiger partial charge in [0.05, 0.1) is 12.6 Å². The molecule has 0 aromatic carbocycles. The molecular formula is C13H20N4O2. The largest absolute Gasteiger partial charge is 0.340 e. The summed E-state index contributed by atoms with van der Waals surface area (Å²) < 4.78 is 0. The second-order valence-electron chi connectivity index (χ2n) is 5.16. The molecule has 19 heavy (non-hydrogen) atoms. The Bertz CT molecular complexity index is 396. The van der Waals surface area contributed by atoms with Gasteiger partial charge in [0.15, 0.2) is 0 Å². The van der Waals surface area contributed by atoms with Crippen LogP contribution in [0.3, 0.4) is 0 Å². The quantitative estimate of drug-likeness (QED) is 0.684. The molecule has 2 aliphatic heterocycles. The highest BCUT2D eigenvalue weighted by Crippen LogP contribution is 2.17. The van der Waals surface area contributed by atoms with Gasteiger partial charge in [-0.3, -0.25) is 14.5 Å². The maximum atomic E-state index is 12.2. The minimum Gasteiger partial charge on any atom is -0.340 e. The second-order valence-corrected chi connectivity index (χ2v) is 5.16. The van der Waals surface area contributed by atoms with Crippen molar-refractivity contribution < 1.29 is 9.59 Å². The van der Waals surface area contributed by atoms with Crippen molar-refractivity contribution in [3.8, 4) is 6.07 Å². The lowest BCUT2D eigenvalue weighted by atomic mass is 10.2. The van der Waals surface area contributed by atoms with E-state index in [4.69, 9.17) is 5.26 Å². The van der Waals surface area contributed by atoms with E-state index in [2.05, 4.69) is 11.0 Å². The number of likely N-dealkylation sites (tertiary alicyclic amines) is 1. The molecule has 6 nitrogen and oxygen atoms in total. The lowest BCUT2D eigenvalue weighted by molar-refractivity contribution is -0.134. The highest BCUT2D eigenvalue weighted by atomic mass is 16.2. The molecule has 0 saturated carbocycles. The molecule has 0 radical (unpaired) electrons. The van der Waals surface area contributed by atoms with Gasteiger partial charge < -0.3 is 9.80 Å². The van der Waals surface area contributed by atoms with Crippen molar-refractivity contribution in [3.63, 3.8) is 0 Å². The van der Waals surface area contributed by atoms with Crippen LogP contribution < -0.4 is 0 Å². The van der Waals surface area contributed by atoms with E-state index < -0.39 is 0 Å². The molecule has 2 aliphatic rings. The highest BCUT2D eigenvalue weighted by molar-refractivity contribution is 5.79. The minimum atomic E-state index is -0.244. The van der Waals surface area contributed by atoms with Crippen LogP contribution in [-0.4, -0.2) is 71.8 Å². The SMILES string of the molecule is CC(=O)N1CCN(CC(=O)N2CCCC2C#N)CC1. The Morgan fingerprint density at radius 3 is 2.47 bits per heavy atom. The average molecular weight is 264 g/mol. The van der Waals surface area contributed by atoms with E-state index in [-0.39, 0.29) is 17.9 Å². The van der Waals surface area contributed by atoms with Gasteiger partial charge in [0.2, 0.25) is 11.8 Å². The smallest absolute Gasteiger partial charge is 0.237 e. The summed E-state index contributed by atoms with van der Waals surface area (Å²) in [6.45, 7) is 5.47. The molecule has 0 aliphatic carbocycles. The van der Waals surface area contributed by atoms with Crippen LogP contribution >= 0.6 is 0 Å². The third-order valence-electron chi connectivity index (χ3n) is 3.90. The van der Waals surface area contributed by atoms with E-state index in [9.17, 15) is 9.59 Å². The van der Waals surface area contributed by atoms with Crippen molar-refractivity contribution in [2.24, 2.45) is 0 Å². The van der Waals surface area contributed by atoms with Crippen LogP contribution in [0.4, 0.5) is 0 Å². The Balaban J connectivity index is 1.81. The maximum Gasteiger partial charge on any atom is 0.237 e. The van der Waals surface area contributed by atoms with E-state index >= 15 is 0 Å². The Labute approximate surface area is 113 Å². The zero-order chi connectivity index (χ0) is 13.8. The third kappa shape index (κ3) is 3.24. The van der Waals surface area contributed by atoms with Crippen LogP contribution in [0.1, 0.15) is 19.8 Å². The van der Waals surface area contributed by atoms with Gasteiger partial charge in [0.1, 0.15) is 6.04 Å². The molecule has 1 unspecified atom stereocenters. The fraction of sp³-hybridized carbons (Fsp3) is 0.769. The lowest BCUT2D eigenvalue weighted by Crippen LogP contribution is -2.51. The summed E-state index contributed by atoms with van der Waals surface area (Å²) in [7, 11) is 0. The van der Waals surface area contributed by atoms with Gasteiger partial charge in [-0.05, 0) is 12.8 Å². The van der Waals surface area contributed by atoms with Crippen LogP contribution in [0.15, 0.2) is 0 Å². The monoisotopic (exact) mass is 264 g/mol. The summed E-state index contributed by atoms with van der Waals surface area (Å²) in [5.41, 5.74) is 0. The summed E-state index contributed by atoms with van der Waals surface area (Å²) in [4.78, 5) is 28.9. The second kappa shape index (κ2) is 6.02. The number of piperazine rings is 1. The van der Waals surface area contributed by atoms with Gasteiger partial charge in [0.25, 0.3) is 0 Å². The van der Waals surface area contributed by atoms with E-state index in [0.29, 0.717) is 26.2 Å². The number of carbonyl (C=O) groups is 2. The number of amides is 2. The van der Waals surface area contributed by atoms with Crippen molar-refractivity contribution in [3.05, 3.63) is 0 Å². The first kappa shape index (κ1) is 13.8. The van der Waals surface area contributed by atoms with Gasteiger partial charge >= 0.3 is 0 Å². The molecule has 0 N–H and O–H groups in total. The molecule has 6 heteroatoms. The molecule has 104 valence electrons. The molecule has 0 bridgehead atoms. The Hall–Kier alpha value is -1.61. The predicted octanol–water partition coefficient (Wildman–Crippen LogP) is -0.335. The molecule has 1 atom stereocenters. The van der Waals surface area contributed by atoms with Crippen LogP contribution in [0.25, 0.3) is 0 Å². The van der Waals surface area contributed by atoms with E-state index in [1.54, 1.807) is 16.7 Å². The van der Waals surface area contributed by atoms with Gasteiger partial charge in [-0.2, -0.15) is 5.26 Å². The van der Waals surface area contributed by atoms with Crippen molar-refractivity contribution in [1.29, 1.82) is 5.26 Å². The van der Waals surface area contributed by atoms with Crippen molar-refractivity contribution >= 4 is 11.8 Å². The summed E-state index contributed by atoms with van der Waals surface area (Å²) in [6, 6.07) is 1.94. The summed E-state index contributed by atoms with van der Waals surface area (Å²) >= 11 is 0. The molecule has 2 fully saturated rings. The first-order valence-corrected chi connectivity index (χ1v) is 6.79. The van der Waals surface area contributed by atoms with E-state index in [1.165, 1.54) is 0 Å².